The fourth-order valence-corrected chi connectivity index (χ4v) is 0.416. The molecule has 0 unspecified atom stereocenters. The molecule has 0 spiro atoms. The van der Waals surface area contributed by atoms with Gasteiger partial charge < -0.3 is 25.2 Å². The van der Waals surface area contributed by atoms with Crippen molar-refractivity contribution >= 4 is 6.29 Å². The van der Waals surface area contributed by atoms with Gasteiger partial charge in [0.25, 0.3) is 0 Å². The van der Waals surface area contributed by atoms with Crippen molar-refractivity contribution < 1.29 is 25.2 Å². The van der Waals surface area contributed by atoms with Crippen LogP contribution in [0.5, 0.6) is 0 Å². The van der Waals surface area contributed by atoms with E-state index in [1.807, 2.05) is 0 Å². The van der Waals surface area contributed by atoms with E-state index in [9.17, 15) is 4.79 Å². The van der Waals surface area contributed by atoms with Gasteiger partial charge in [0.05, 0.1) is 6.61 Å². The average molecular weight is 151 g/mol. The quantitative estimate of drug-likeness (QED) is 0.258. The van der Waals surface area contributed by atoms with Crippen LogP contribution in [-0.4, -0.2) is 51.6 Å². The molecule has 5 nitrogen and oxygen atoms in total. The summed E-state index contributed by atoms with van der Waals surface area (Å²) in [6, 6.07) is 0. The first kappa shape index (κ1) is 9.51. The van der Waals surface area contributed by atoms with Gasteiger partial charge in [-0.2, -0.15) is 0 Å². The van der Waals surface area contributed by atoms with Crippen molar-refractivity contribution in [1.82, 2.24) is 0 Å². The first-order chi connectivity index (χ1) is 4.63. The van der Waals surface area contributed by atoms with Gasteiger partial charge in [-0.25, -0.2) is 0 Å². The minimum absolute atomic E-state index is 0.0869. The van der Waals surface area contributed by atoms with Crippen LogP contribution in [0.3, 0.4) is 0 Å². The summed E-state index contributed by atoms with van der Waals surface area (Å²) in [5.74, 6) is 0. The van der Waals surface area contributed by atoms with Crippen LogP contribution in [0.25, 0.3) is 0 Å². The average Bonchev–Trinajstić information content (AvgIpc) is 2.00. The Labute approximate surface area is 57.5 Å². The molecule has 10 heavy (non-hydrogen) atoms. The minimum atomic E-state index is -1.64. The largest absolute Gasteiger partial charge is 0.394 e. The zero-order valence-corrected chi connectivity index (χ0v) is 5.21. The van der Waals surface area contributed by atoms with Crippen molar-refractivity contribution in [2.75, 3.05) is 6.61 Å². The maximum Gasteiger partial charge on any atom is 0.151 e. The van der Waals surface area contributed by atoms with Gasteiger partial charge in [-0.1, -0.05) is 0 Å². The lowest BCUT2D eigenvalue weighted by atomic mass is 10.2. The van der Waals surface area contributed by atoms with Crippen molar-refractivity contribution in [3.8, 4) is 0 Å². The van der Waals surface area contributed by atoms with E-state index in [1.165, 1.54) is 0 Å². The van der Waals surface area contributed by atoms with Gasteiger partial charge >= 0.3 is 0 Å². The lowest BCUT2D eigenvalue weighted by Crippen LogP contribution is -2.40. The predicted molar refractivity (Wildman–Crippen MR) is 31.2 cm³/mol. The van der Waals surface area contributed by atoms with Crippen LogP contribution in [0.2, 0.25) is 0 Å². The lowest BCUT2D eigenvalue weighted by molar-refractivity contribution is -0.127. The van der Waals surface area contributed by atoms with E-state index in [4.69, 9.17) is 20.4 Å². The normalized spacial score (nSPS) is 19.6. The number of carbonyl (C=O) groups excluding carboxylic acids is 1. The van der Waals surface area contributed by atoms with Crippen molar-refractivity contribution in [3.05, 3.63) is 0 Å². The van der Waals surface area contributed by atoms with Gasteiger partial charge in [0, 0.05) is 0 Å². The van der Waals surface area contributed by atoms with Crippen molar-refractivity contribution in [1.29, 1.82) is 0 Å². The molecule has 0 saturated heterocycles. The Kier molecular flexibility index (Phi) is 4.13. The molecule has 0 aliphatic heterocycles. The third-order valence-electron chi connectivity index (χ3n) is 1.07. The third kappa shape index (κ3) is 2.40. The third-order valence-corrected chi connectivity index (χ3v) is 1.07. The molecule has 5 heteroatoms. The molecule has 0 fully saturated rings. The summed E-state index contributed by atoms with van der Waals surface area (Å²) >= 11 is 0. The van der Waals surface area contributed by atoms with Gasteiger partial charge in [0.2, 0.25) is 0 Å². The highest BCUT2D eigenvalue weighted by Gasteiger charge is 2.22. The van der Waals surface area contributed by atoms with Gasteiger partial charge in [-0.3, -0.25) is 0 Å². The molecule has 0 radical (unpaired) electrons. The molecule has 0 amide bonds. The van der Waals surface area contributed by atoms with Crippen molar-refractivity contribution in [2.24, 2.45) is 0 Å². The Balaban J connectivity index is 3.80. The molecule has 0 aromatic rings. The molecule has 3 atom stereocenters. The Morgan fingerprint density at radius 3 is 2.10 bits per heavy atom. The standard InChI is InChI=1S/C5H10O5/c6-1-3(8)5(10)4(9)2-7/h1,3-5,7-10H,2H2/t3-,4-,5-/m1/s1/i2+1. The maximum atomic E-state index is 9.76. The van der Waals surface area contributed by atoms with Gasteiger partial charge in [-0.05, 0) is 0 Å². The summed E-state index contributed by atoms with van der Waals surface area (Å²) < 4.78 is 0. The SMILES string of the molecule is O=C[C@@H](O)[C@@H](O)[C@H](O)[13CH2]O. The molecule has 0 heterocycles. The Morgan fingerprint density at radius 2 is 1.80 bits per heavy atom. The first-order valence-electron chi connectivity index (χ1n) is 2.73. The number of hydrogen-bond donors (Lipinski definition) is 4. The molecular weight excluding hydrogens is 141 g/mol. The van der Waals surface area contributed by atoms with Crippen LogP contribution in [0, 0.1) is 0 Å². The molecule has 0 aromatic heterocycles. The van der Waals surface area contributed by atoms with E-state index < -0.39 is 24.9 Å². The maximum absolute atomic E-state index is 9.76. The number of aldehydes is 1. The Morgan fingerprint density at radius 1 is 1.30 bits per heavy atom. The highest BCUT2D eigenvalue weighted by molar-refractivity contribution is 5.56. The van der Waals surface area contributed by atoms with Crippen LogP contribution in [0.15, 0.2) is 0 Å². The highest BCUT2D eigenvalue weighted by atomic mass is 16.4. The second kappa shape index (κ2) is 4.35. The zero-order chi connectivity index (χ0) is 8.15. The van der Waals surface area contributed by atoms with Crippen molar-refractivity contribution in [2.45, 2.75) is 18.3 Å². The number of hydrogen-bond acceptors (Lipinski definition) is 5. The summed E-state index contributed by atoms with van der Waals surface area (Å²) in [6.07, 6.45) is -4.63. The number of aliphatic hydroxyl groups excluding tert-OH is 4. The molecule has 0 bridgehead atoms. The summed E-state index contributed by atoms with van der Waals surface area (Å²) in [5, 5.41) is 34.1. The fourth-order valence-electron chi connectivity index (χ4n) is 0.416. The monoisotopic (exact) mass is 151 g/mol. The number of aliphatic hydroxyl groups is 4. The van der Waals surface area contributed by atoms with E-state index in [2.05, 4.69) is 0 Å². The van der Waals surface area contributed by atoms with Gasteiger partial charge in [-0.15, -0.1) is 0 Å². The summed E-state index contributed by atoms with van der Waals surface area (Å²) in [6.45, 7) is -0.688. The summed E-state index contributed by atoms with van der Waals surface area (Å²) in [4.78, 5) is 9.76. The molecule has 60 valence electrons. The lowest BCUT2D eigenvalue weighted by Gasteiger charge is -2.16. The molecule has 0 aliphatic carbocycles. The second-order valence-electron chi connectivity index (χ2n) is 1.87. The predicted octanol–water partition coefficient (Wildman–Crippen LogP) is -2.74. The molecule has 0 rings (SSSR count). The van der Waals surface area contributed by atoms with E-state index in [0.29, 0.717) is 0 Å². The summed E-state index contributed by atoms with van der Waals surface area (Å²) in [7, 11) is 0. The van der Waals surface area contributed by atoms with E-state index in [-0.39, 0.29) is 6.29 Å². The molecule has 0 aliphatic rings. The zero-order valence-electron chi connectivity index (χ0n) is 5.21. The molecule has 4 N–H and O–H groups in total. The Hall–Kier alpha value is -0.490. The number of carbonyl (C=O) groups is 1. The van der Waals surface area contributed by atoms with Crippen LogP contribution in [-0.2, 0) is 4.79 Å². The molecule has 0 saturated carbocycles. The van der Waals surface area contributed by atoms with E-state index >= 15 is 0 Å². The van der Waals surface area contributed by atoms with E-state index in [1.54, 1.807) is 0 Å². The highest BCUT2D eigenvalue weighted by Crippen LogP contribution is 1.96. The summed E-state index contributed by atoms with van der Waals surface area (Å²) in [5.41, 5.74) is 0. The molecular formula is C5H10O5. The van der Waals surface area contributed by atoms with Gasteiger partial charge in [0.1, 0.15) is 18.3 Å². The minimum Gasteiger partial charge on any atom is -0.394 e. The number of rotatable bonds is 4. The van der Waals surface area contributed by atoms with Crippen molar-refractivity contribution in [3.63, 3.8) is 0 Å². The van der Waals surface area contributed by atoms with Crippen LogP contribution in [0.1, 0.15) is 0 Å². The van der Waals surface area contributed by atoms with E-state index in [0.717, 1.165) is 0 Å². The van der Waals surface area contributed by atoms with Gasteiger partial charge in [0.15, 0.2) is 6.29 Å². The molecule has 0 aromatic carbocycles. The van der Waals surface area contributed by atoms with Crippen LogP contribution >= 0.6 is 0 Å². The van der Waals surface area contributed by atoms with Crippen LogP contribution < -0.4 is 0 Å². The Bertz CT molecular complexity index is 104. The van der Waals surface area contributed by atoms with Crippen LogP contribution in [0.4, 0.5) is 0 Å². The fraction of sp³-hybridized carbons (Fsp3) is 0.800. The first-order valence-corrected chi connectivity index (χ1v) is 2.73. The second-order valence-corrected chi connectivity index (χ2v) is 1.87. The topological polar surface area (TPSA) is 98.0 Å². The smallest absolute Gasteiger partial charge is 0.151 e.